The Hall–Kier alpha value is -0.890. The lowest BCUT2D eigenvalue weighted by Gasteiger charge is -2.29. The molecule has 1 saturated carbocycles. The highest BCUT2D eigenvalue weighted by atomic mass is 16.3. The predicted molar refractivity (Wildman–Crippen MR) is 51.3 cm³/mol. The molecule has 0 radical (unpaired) electrons. The lowest BCUT2D eigenvalue weighted by molar-refractivity contribution is 0.0586. The molecule has 0 saturated heterocycles. The SMILES string of the molecule is Cc1ccnc(C(O)C2CCC2)c1. The first-order chi connectivity index (χ1) is 6.27. The molecule has 1 aromatic heterocycles. The molecule has 1 aromatic rings. The molecule has 70 valence electrons. The predicted octanol–water partition coefficient (Wildman–Crippen LogP) is 2.22. The van der Waals surface area contributed by atoms with Gasteiger partial charge in [0.15, 0.2) is 0 Å². The molecule has 2 rings (SSSR count). The molecule has 0 spiro atoms. The van der Waals surface area contributed by atoms with E-state index in [4.69, 9.17) is 0 Å². The van der Waals surface area contributed by atoms with E-state index in [1.807, 2.05) is 19.1 Å². The summed E-state index contributed by atoms with van der Waals surface area (Å²) in [6.45, 7) is 2.03. The summed E-state index contributed by atoms with van der Waals surface area (Å²) in [5, 5.41) is 9.90. The van der Waals surface area contributed by atoms with Crippen molar-refractivity contribution in [3.8, 4) is 0 Å². The van der Waals surface area contributed by atoms with Crippen molar-refractivity contribution in [2.45, 2.75) is 32.3 Å². The Labute approximate surface area is 78.6 Å². The fourth-order valence-electron chi connectivity index (χ4n) is 1.72. The standard InChI is InChI=1S/C11H15NO/c1-8-5-6-12-10(7-8)11(13)9-3-2-4-9/h5-7,9,11,13H,2-4H2,1H3. The lowest BCUT2D eigenvalue weighted by atomic mass is 9.80. The number of aromatic nitrogens is 1. The van der Waals surface area contributed by atoms with E-state index >= 15 is 0 Å². The summed E-state index contributed by atoms with van der Waals surface area (Å²) in [5.74, 6) is 0.453. The smallest absolute Gasteiger partial charge is 0.0987 e. The van der Waals surface area contributed by atoms with Crippen LogP contribution in [0, 0.1) is 12.8 Å². The van der Waals surface area contributed by atoms with Gasteiger partial charge in [0.25, 0.3) is 0 Å². The third-order valence-corrected chi connectivity index (χ3v) is 2.84. The maximum atomic E-state index is 9.90. The second kappa shape index (κ2) is 3.46. The molecule has 1 aliphatic carbocycles. The van der Waals surface area contributed by atoms with E-state index < -0.39 is 0 Å². The van der Waals surface area contributed by atoms with E-state index in [9.17, 15) is 5.11 Å². The Morgan fingerprint density at radius 1 is 1.54 bits per heavy atom. The van der Waals surface area contributed by atoms with Crippen LogP contribution >= 0.6 is 0 Å². The van der Waals surface area contributed by atoms with Gasteiger partial charge < -0.3 is 5.11 Å². The van der Waals surface area contributed by atoms with Crippen LogP contribution in [0.4, 0.5) is 0 Å². The Kier molecular flexibility index (Phi) is 2.32. The molecule has 1 unspecified atom stereocenters. The molecule has 2 heteroatoms. The van der Waals surface area contributed by atoms with Gasteiger partial charge in [-0.25, -0.2) is 0 Å². The van der Waals surface area contributed by atoms with Crippen LogP contribution < -0.4 is 0 Å². The van der Waals surface area contributed by atoms with E-state index in [1.54, 1.807) is 6.20 Å². The van der Waals surface area contributed by atoms with Crippen LogP contribution in [0.25, 0.3) is 0 Å². The molecule has 13 heavy (non-hydrogen) atoms. The van der Waals surface area contributed by atoms with Crippen LogP contribution in [0.2, 0.25) is 0 Å². The maximum absolute atomic E-state index is 9.90. The Balaban J connectivity index is 2.14. The van der Waals surface area contributed by atoms with Crippen molar-refractivity contribution in [1.82, 2.24) is 4.98 Å². The third-order valence-electron chi connectivity index (χ3n) is 2.84. The minimum Gasteiger partial charge on any atom is -0.387 e. The van der Waals surface area contributed by atoms with Gasteiger partial charge in [-0.15, -0.1) is 0 Å². The van der Waals surface area contributed by atoms with Crippen molar-refractivity contribution in [1.29, 1.82) is 0 Å². The van der Waals surface area contributed by atoms with E-state index in [0.29, 0.717) is 5.92 Å². The van der Waals surface area contributed by atoms with Crippen molar-refractivity contribution < 1.29 is 5.11 Å². The number of aliphatic hydroxyl groups excluding tert-OH is 1. The highest BCUT2D eigenvalue weighted by Crippen LogP contribution is 2.36. The number of hydrogen-bond acceptors (Lipinski definition) is 2. The Morgan fingerprint density at radius 2 is 2.31 bits per heavy atom. The molecule has 1 fully saturated rings. The van der Waals surface area contributed by atoms with Gasteiger partial charge in [-0.3, -0.25) is 4.98 Å². The highest BCUT2D eigenvalue weighted by molar-refractivity contribution is 5.17. The largest absolute Gasteiger partial charge is 0.387 e. The maximum Gasteiger partial charge on any atom is 0.0987 e. The molecule has 1 aliphatic rings. The molecular weight excluding hydrogens is 162 g/mol. The summed E-state index contributed by atoms with van der Waals surface area (Å²) < 4.78 is 0. The van der Waals surface area contributed by atoms with Gasteiger partial charge in [-0.2, -0.15) is 0 Å². The van der Waals surface area contributed by atoms with Gasteiger partial charge in [0.05, 0.1) is 11.8 Å². The first kappa shape index (κ1) is 8.70. The molecule has 2 nitrogen and oxygen atoms in total. The summed E-state index contributed by atoms with van der Waals surface area (Å²) in [5.41, 5.74) is 2.01. The van der Waals surface area contributed by atoms with E-state index in [-0.39, 0.29) is 6.10 Å². The zero-order chi connectivity index (χ0) is 9.26. The zero-order valence-electron chi connectivity index (χ0n) is 7.90. The monoisotopic (exact) mass is 177 g/mol. The topological polar surface area (TPSA) is 33.1 Å². The molecule has 1 N–H and O–H groups in total. The van der Waals surface area contributed by atoms with Crippen LogP contribution in [0.5, 0.6) is 0 Å². The molecule has 0 aromatic carbocycles. The van der Waals surface area contributed by atoms with Gasteiger partial charge in [0.1, 0.15) is 0 Å². The van der Waals surface area contributed by atoms with Gasteiger partial charge in [-0.1, -0.05) is 6.42 Å². The number of aliphatic hydroxyl groups is 1. The van der Waals surface area contributed by atoms with Crippen LogP contribution in [-0.4, -0.2) is 10.1 Å². The fraction of sp³-hybridized carbons (Fsp3) is 0.545. The van der Waals surface area contributed by atoms with Gasteiger partial charge >= 0.3 is 0 Å². The molecule has 0 amide bonds. The Morgan fingerprint density at radius 3 is 2.85 bits per heavy atom. The van der Waals surface area contributed by atoms with E-state index in [1.165, 1.54) is 12.0 Å². The third kappa shape index (κ3) is 1.73. The van der Waals surface area contributed by atoms with Crippen LogP contribution in [0.3, 0.4) is 0 Å². The fourth-order valence-corrected chi connectivity index (χ4v) is 1.72. The quantitative estimate of drug-likeness (QED) is 0.751. The number of nitrogens with zero attached hydrogens (tertiary/aromatic N) is 1. The van der Waals surface area contributed by atoms with Crippen molar-refractivity contribution in [3.05, 3.63) is 29.6 Å². The molecule has 0 aliphatic heterocycles. The lowest BCUT2D eigenvalue weighted by Crippen LogP contribution is -2.20. The number of hydrogen-bond donors (Lipinski definition) is 1. The minimum absolute atomic E-state index is 0.339. The second-order valence-corrected chi connectivity index (χ2v) is 3.89. The Bertz CT molecular complexity index is 294. The van der Waals surface area contributed by atoms with Gasteiger partial charge in [0.2, 0.25) is 0 Å². The summed E-state index contributed by atoms with van der Waals surface area (Å²) in [4.78, 5) is 4.19. The number of aryl methyl sites for hydroxylation is 1. The molecule has 1 heterocycles. The molecular formula is C11H15NO. The first-order valence-electron chi connectivity index (χ1n) is 4.88. The van der Waals surface area contributed by atoms with Crippen LogP contribution in [0.15, 0.2) is 18.3 Å². The summed E-state index contributed by atoms with van der Waals surface area (Å²) >= 11 is 0. The van der Waals surface area contributed by atoms with E-state index in [0.717, 1.165) is 18.5 Å². The van der Waals surface area contributed by atoms with Crippen molar-refractivity contribution in [2.75, 3.05) is 0 Å². The van der Waals surface area contributed by atoms with Crippen molar-refractivity contribution >= 4 is 0 Å². The van der Waals surface area contributed by atoms with Crippen molar-refractivity contribution in [2.24, 2.45) is 5.92 Å². The van der Waals surface area contributed by atoms with E-state index in [2.05, 4.69) is 4.98 Å². The number of rotatable bonds is 2. The first-order valence-corrected chi connectivity index (χ1v) is 4.88. The number of pyridine rings is 1. The average Bonchev–Trinajstić information content (AvgIpc) is 2.01. The molecule has 1 atom stereocenters. The zero-order valence-corrected chi connectivity index (χ0v) is 7.90. The highest BCUT2D eigenvalue weighted by Gasteiger charge is 2.27. The summed E-state index contributed by atoms with van der Waals surface area (Å²) in [6.07, 6.45) is 4.99. The molecule has 0 bridgehead atoms. The minimum atomic E-state index is -0.339. The van der Waals surface area contributed by atoms with Crippen LogP contribution in [0.1, 0.15) is 36.6 Å². The van der Waals surface area contributed by atoms with Crippen molar-refractivity contribution in [3.63, 3.8) is 0 Å². The normalized spacial score (nSPS) is 19.5. The van der Waals surface area contributed by atoms with Gasteiger partial charge in [-0.05, 0) is 43.4 Å². The average molecular weight is 177 g/mol. The summed E-state index contributed by atoms with van der Waals surface area (Å²) in [6, 6.07) is 3.93. The summed E-state index contributed by atoms with van der Waals surface area (Å²) in [7, 11) is 0. The second-order valence-electron chi connectivity index (χ2n) is 3.89. The van der Waals surface area contributed by atoms with Gasteiger partial charge in [0, 0.05) is 6.20 Å². The van der Waals surface area contributed by atoms with Crippen LogP contribution in [-0.2, 0) is 0 Å².